The van der Waals surface area contributed by atoms with Crippen LogP contribution in [0.3, 0.4) is 0 Å². The number of carbonyl (C=O) groups is 1. The van der Waals surface area contributed by atoms with Gasteiger partial charge in [0.1, 0.15) is 0 Å². The lowest BCUT2D eigenvalue weighted by Gasteiger charge is -2.23. The van der Waals surface area contributed by atoms with Gasteiger partial charge in [0.05, 0.1) is 5.25 Å². The molecule has 4 heteroatoms. The Kier molecular flexibility index (Phi) is 4.97. The monoisotopic (exact) mass is 242 g/mol. The molecule has 2 aliphatic heterocycles. The molecule has 0 saturated carbocycles. The smallest absolute Gasteiger partial charge is 0.233 e. The molecule has 0 radical (unpaired) electrons. The quantitative estimate of drug-likeness (QED) is 0.771. The van der Waals surface area contributed by atoms with Gasteiger partial charge in [-0.25, -0.2) is 0 Å². The highest BCUT2D eigenvalue weighted by atomic mass is 32.2. The molecule has 2 aliphatic rings. The van der Waals surface area contributed by atoms with Crippen molar-refractivity contribution in [3.8, 4) is 0 Å². The maximum absolute atomic E-state index is 12.0. The van der Waals surface area contributed by atoms with Gasteiger partial charge in [-0.05, 0) is 50.9 Å². The molecule has 2 saturated heterocycles. The van der Waals surface area contributed by atoms with Crippen molar-refractivity contribution in [2.45, 2.75) is 49.8 Å². The van der Waals surface area contributed by atoms with Crippen LogP contribution >= 0.6 is 11.8 Å². The molecule has 0 aliphatic carbocycles. The number of nitrogens with one attached hydrogen (secondary N) is 2. The predicted molar refractivity (Wildman–Crippen MR) is 68.7 cm³/mol. The van der Waals surface area contributed by atoms with E-state index in [1.54, 1.807) is 0 Å². The fourth-order valence-corrected chi connectivity index (χ4v) is 3.61. The number of hydrogen-bond acceptors (Lipinski definition) is 3. The molecule has 1 amide bonds. The standard InChI is InChI=1S/C12H22N2OS/c15-12(11-5-1-2-9-16-11)14-10-4-3-7-13-8-6-10/h10-11,13H,1-9H2,(H,14,15). The van der Waals surface area contributed by atoms with Crippen LogP contribution in [0.15, 0.2) is 0 Å². The van der Waals surface area contributed by atoms with E-state index >= 15 is 0 Å². The van der Waals surface area contributed by atoms with E-state index in [2.05, 4.69) is 10.6 Å². The third-order valence-corrected chi connectivity index (χ3v) is 4.77. The average molecular weight is 242 g/mol. The molecule has 2 rings (SSSR count). The molecule has 0 spiro atoms. The molecule has 2 unspecified atom stereocenters. The molecule has 2 heterocycles. The second kappa shape index (κ2) is 6.50. The first kappa shape index (κ1) is 12.2. The first-order valence-electron chi connectivity index (χ1n) is 6.49. The summed E-state index contributed by atoms with van der Waals surface area (Å²) in [6.07, 6.45) is 6.97. The van der Waals surface area contributed by atoms with Crippen molar-refractivity contribution in [3.05, 3.63) is 0 Å². The lowest BCUT2D eigenvalue weighted by molar-refractivity contribution is -0.121. The molecule has 16 heavy (non-hydrogen) atoms. The van der Waals surface area contributed by atoms with Crippen molar-refractivity contribution >= 4 is 17.7 Å². The number of amides is 1. The topological polar surface area (TPSA) is 41.1 Å². The van der Waals surface area contributed by atoms with Gasteiger partial charge in [0.25, 0.3) is 0 Å². The van der Waals surface area contributed by atoms with Gasteiger partial charge in [0.2, 0.25) is 5.91 Å². The summed E-state index contributed by atoms with van der Waals surface area (Å²) in [5.74, 6) is 1.45. The highest BCUT2D eigenvalue weighted by Crippen LogP contribution is 2.25. The Morgan fingerprint density at radius 1 is 1.12 bits per heavy atom. The molecular formula is C12H22N2OS. The third-order valence-electron chi connectivity index (χ3n) is 3.39. The van der Waals surface area contributed by atoms with E-state index in [1.807, 2.05) is 11.8 Å². The van der Waals surface area contributed by atoms with E-state index in [1.165, 1.54) is 19.3 Å². The van der Waals surface area contributed by atoms with E-state index in [9.17, 15) is 4.79 Å². The predicted octanol–water partition coefficient (Wildman–Crippen LogP) is 1.53. The van der Waals surface area contributed by atoms with Crippen molar-refractivity contribution in [2.75, 3.05) is 18.8 Å². The molecular weight excluding hydrogens is 220 g/mol. The van der Waals surface area contributed by atoms with E-state index in [4.69, 9.17) is 0 Å². The largest absolute Gasteiger partial charge is 0.352 e. The molecule has 3 nitrogen and oxygen atoms in total. The van der Waals surface area contributed by atoms with Gasteiger partial charge in [0.15, 0.2) is 0 Å². The van der Waals surface area contributed by atoms with Crippen LogP contribution in [0.2, 0.25) is 0 Å². The van der Waals surface area contributed by atoms with Gasteiger partial charge in [-0.1, -0.05) is 6.42 Å². The van der Waals surface area contributed by atoms with Gasteiger partial charge in [0, 0.05) is 6.04 Å². The highest BCUT2D eigenvalue weighted by Gasteiger charge is 2.24. The van der Waals surface area contributed by atoms with Gasteiger partial charge in [-0.15, -0.1) is 11.8 Å². The Hall–Kier alpha value is -0.220. The fraction of sp³-hybridized carbons (Fsp3) is 0.917. The maximum Gasteiger partial charge on any atom is 0.233 e. The van der Waals surface area contributed by atoms with Crippen LogP contribution in [-0.4, -0.2) is 36.0 Å². The fourth-order valence-electron chi connectivity index (χ4n) is 2.41. The second-order valence-electron chi connectivity index (χ2n) is 4.74. The summed E-state index contributed by atoms with van der Waals surface area (Å²) in [5, 5.41) is 6.83. The summed E-state index contributed by atoms with van der Waals surface area (Å²) in [4.78, 5) is 12.0. The van der Waals surface area contributed by atoms with Crippen molar-refractivity contribution in [1.82, 2.24) is 10.6 Å². The molecule has 0 aromatic heterocycles. The van der Waals surface area contributed by atoms with E-state index in [0.717, 1.165) is 38.1 Å². The lowest BCUT2D eigenvalue weighted by Crippen LogP contribution is -2.41. The zero-order valence-corrected chi connectivity index (χ0v) is 10.7. The Labute approximate surface area is 102 Å². The summed E-state index contributed by atoms with van der Waals surface area (Å²) < 4.78 is 0. The van der Waals surface area contributed by atoms with Crippen LogP contribution in [-0.2, 0) is 4.79 Å². The molecule has 2 N–H and O–H groups in total. The molecule has 92 valence electrons. The Morgan fingerprint density at radius 2 is 2.06 bits per heavy atom. The summed E-state index contributed by atoms with van der Waals surface area (Å²) >= 11 is 1.84. The van der Waals surface area contributed by atoms with Gasteiger partial charge in [-0.2, -0.15) is 0 Å². The second-order valence-corrected chi connectivity index (χ2v) is 6.05. The van der Waals surface area contributed by atoms with Crippen molar-refractivity contribution in [1.29, 1.82) is 0 Å². The molecule has 2 fully saturated rings. The van der Waals surface area contributed by atoms with Crippen LogP contribution in [0.25, 0.3) is 0 Å². The zero-order chi connectivity index (χ0) is 11.2. The molecule has 0 aromatic carbocycles. The van der Waals surface area contributed by atoms with Crippen LogP contribution in [0.5, 0.6) is 0 Å². The number of hydrogen-bond donors (Lipinski definition) is 2. The van der Waals surface area contributed by atoms with Crippen LogP contribution in [0, 0.1) is 0 Å². The minimum atomic E-state index is 0.227. The number of rotatable bonds is 2. The normalized spacial score (nSPS) is 31.8. The Bertz CT molecular complexity index is 221. The van der Waals surface area contributed by atoms with Gasteiger partial charge < -0.3 is 10.6 Å². The average Bonchev–Trinajstić information content (AvgIpc) is 2.59. The van der Waals surface area contributed by atoms with Gasteiger partial charge >= 0.3 is 0 Å². The van der Waals surface area contributed by atoms with Gasteiger partial charge in [-0.3, -0.25) is 4.79 Å². The van der Waals surface area contributed by atoms with Crippen LogP contribution < -0.4 is 10.6 Å². The van der Waals surface area contributed by atoms with Crippen LogP contribution in [0.1, 0.15) is 38.5 Å². The highest BCUT2D eigenvalue weighted by molar-refractivity contribution is 8.00. The number of carbonyl (C=O) groups excluding carboxylic acids is 1. The molecule has 2 atom stereocenters. The van der Waals surface area contributed by atoms with Crippen molar-refractivity contribution < 1.29 is 4.79 Å². The molecule has 0 aromatic rings. The number of thioether (sulfide) groups is 1. The lowest BCUT2D eigenvalue weighted by atomic mass is 10.1. The minimum absolute atomic E-state index is 0.227. The van der Waals surface area contributed by atoms with E-state index in [0.29, 0.717) is 6.04 Å². The Balaban J connectivity index is 1.76. The Morgan fingerprint density at radius 3 is 2.88 bits per heavy atom. The first-order valence-corrected chi connectivity index (χ1v) is 7.54. The molecule has 0 bridgehead atoms. The summed E-state index contributed by atoms with van der Waals surface area (Å²) in [7, 11) is 0. The maximum atomic E-state index is 12.0. The third kappa shape index (κ3) is 3.67. The zero-order valence-electron chi connectivity index (χ0n) is 9.84. The SMILES string of the molecule is O=C(NC1CCCNCC1)C1CCCCS1. The van der Waals surface area contributed by atoms with E-state index < -0.39 is 0 Å². The summed E-state index contributed by atoms with van der Waals surface area (Å²) in [6.45, 7) is 2.15. The van der Waals surface area contributed by atoms with Crippen LogP contribution in [0.4, 0.5) is 0 Å². The van der Waals surface area contributed by atoms with E-state index in [-0.39, 0.29) is 11.2 Å². The summed E-state index contributed by atoms with van der Waals surface area (Å²) in [6, 6.07) is 0.407. The first-order chi connectivity index (χ1) is 7.86. The van der Waals surface area contributed by atoms with Crippen molar-refractivity contribution in [2.24, 2.45) is 0 Å². The summed E-state index contributed by atoms with van der Waals surface area (Å²) in [5.41, 5.74) is 0. The minimum Gasteiger partial charge on any atom is -0.352 e. The van der Waals surface area contributed by atoms with Crippen molar-refractivity contribution in [3.63, 3.8) is 0 Å².